The molecule has 0 spiro atoms. The Hall–Kier alpha value is -2.29. The van der Waals surface area contributed by atoms with Gasteiger partial charge in [0.25, 0.3) is 10.0 Å². The number of furan rings is 1. The Morgan fingerprint density at radius 1 is 1.00 bits per heavy atom. The lowest BCUT2D eigenvalue weighted by molar-refractivity contribution is 0.358. The van der Waals surface area contributed by atoms with Crippen molar-refractivity contribution in [1.82, 2.24) is 9.46 Å². The van der Waals surface area contributed by atoms with Gasteiger partial charge in [0, 0.05) is 42.5 Å². The number of aryl methyl sites for hydroxylation is 1. The normalized spacial score (nSPS) is 15.9. The van der Waals surface area contributed by atoms with Crippen molar-refractivity contribution in [2.24, 2.45) is 0 Å². The Bertz CT molecular complexity index is 1080. The highest BCUT2D eigenvalue weighted by atomic mass is 35.5. The molecule has 1 saturated heterocycles. The van der Waals surface area contributed by atoms with Gasteiger partial charge in [0.2, 0.25) is 10.9 Å². The van der Waals surface area contributed by atoms with Gasteiger partial charge in [0.15, 0.2) is 5.76 Å². The first kappa shape index (κ1) is 19.0. The number of rotatable bonds is 4. The summed E-state index contributed by atoms with van der Waals surface area (Å²) in [6.07, 6.45) is 0. The smallest absolute Gasteiger partial charge is 0.276 e. The van der Waals surface area contributed by atoms with E-state index < -0.39 is 10.0 Å². The minimum Gasteiger partial charge on any atom is -0.440 e. The van der Waals surface area contributed by atoms with E-state index in [4.69, 9.17) is 20.5 Å². The third-order valence-corrected chi connectivity index (χ3v) is 7.01. The minimum absolute atomic E-state index is 0.0871. The molecule has 1 aliphatic rings. The largest absolute Gasteiger partial charge is 0.440 e. The summed E-state index contributed by atoms with van der Waals surface area (Å²) < 4.78 is 38.2. The quantitative estimate of drug-likeness (QED) is 0.638. The van der Waals surface area contributed by atoms with Crippen molar-refractivity contribution >= 4 is 27.3 Å². The molecule has 0 aliphatic carbocycles. The predicted octanol–water partition coefficient (Wildman–Crippen LogP) is 3.72. The number of hydrogen-bond donors (Lipinski definition) is 0. The highest BCUT2D eigenvalue weighted by Crippen LogP contribution is 2.30. The van der Waals surface area contributed by atoms with E-state index in [2.05, 4.69) is 10.1 Å². The molecule has 0 amide bonds. The Balaban J connectivity index is 1.49. The van der Waals surface area contributed by atoms with Crippen molar-refractivity contribution in [3.05, 3.63) is 52.7 Å². The zero-order valence-corrected chi connectivity index (χ0v) is 17.1. The van der Waals surface area contributed by atoms with Gasteiger partial charge in [-0.05, 0) is 50.2 Å². The number of benzene rings is 1. The van der Waals surface area contributed by atoms with Crippen LogP contribution in [0.25, 0.3) is 11.5 Å². The zero-order valence-electron chi connectivity index (χ0n) is 15.6. The number of halogens is 1. The van der Waals surface area contributed by atoms with E-state index in [1.807, 2.05) is 38.1 Å². The second-order valence-electron chi connectivity index (χ2n) is 6.71. The standard InChI is InChI=1S/C19H20ClN3O4S/c1-13-14(2)21-27-19(13)17-7-8-18(26-17)28(24,25)23-11-9-22(10-12-23)16-5-3-15(20)4-6-16/h3-8H,9-12H2,1-2H3. The van der Waals surface area contributed by atoms with Crippen LogP contribution in [0.5, 0.6) is 0 Å². The number of nitrogens with zero attached hydrogens (tertiary/aromatic N) is 3. The first-order chi connectivity index (χ1) is 13.4. The molecule has 1 aromatic carbocycles. The van der Waals surface area contributed by atoms with Crippen LogP contribution in [0.2, 0.25) is 5.02 Å². The summed E-state index contributed by atoms with van der Waals surface area (Å²) in [6, 6.07) is 10.6. The van der Waals surface area contributed by atoms with Crippen molar-refractivity contribution in [3.8, 4) is 11.5 Å². The molecule has 148 valence electrons. The van der Waals surface area contributed by atoms with Crippen LogP contribution in [0.1, 0.15) is 11.3 Å². The molecule has 28 heavy (non-hydrogen) atoms. The number of hydrogen-bond acceptors (Lipinski definition) is 6. The molecular formula is C19H20ClN3O4S. The van der Waals surface area contributed by atoms with Crippen LogP contribution in [0.3, 0.4) is 0 Å². The Kier molecular flexibility index (Phi) is 4.95. The van der Waals surface area contributed by atoms with Gasteiger partial charge in [0.05, 0.1) is 5.69 Å². The van der Waals surface area contributed by atoms with Gasteiger partial charge in [-0.15, -0.1) is 0 Å². The number of aromatic nitrogens is 1. The minimum atomic E-state index is -3.71. The van der Waals surface area contributed by atoms with E-state index in [1.54, 1.807) is 6.07 Å². The van der Waals surface area contributed by atoms with E-state index in [9.17, 15) is 8.42 Å². The Labute approximate surface area is 168 Å². The Morgan fingerprint density at radius 2 is 1.68 bits per heavy atom. The SMILES string of the molecule is Cc1noc(-c2ccc(S(=O)(=O)N3CCN(c4ccc(Cl)cc4)CC3)o2)c1C. The van der Waals surface area contributed by atoms with E-state index in [-0.39, 0.29) is 5.09 Å². The summed E-state index contributed by atoms with van der Waals surface area (Å²) in [7, 11) is -3.71. The average molecular weight is 422 g/mol. The second kappa shape index (κ2) is 7.27. The molecule has 0 saturated carbocycles. The van der Waals surface area contributed by atoms with Gasteiger partial charge in [-0.1, -0.05) is 16.8 Å². The van der Waals surface area contributed by atoms with Crippen LogP contribution >= 0.6 is 11.6 Å². The summed E-state index contributed by atoms with van der Waals surface area (Å²) in [5.74, 6) is 0.808. The average Bonchev–Trinajstić information content (AvgIpc) is 3.30. The highest BCUT2D eigenvalue weighted by Gasteiger charge is 2.31. The van der Waals surface area contributed by atoms with Crippen LogP contribution in [0, 0.1) is 13.8 Å². The molecule has 0 N–H and O–H groups in total. The van der Waals surface area contributed by atoms with Crippen molar-refractivity contribution in [1.29, 1.82) is 0 Å². The maximum Gasteiger partial charge on any atom is 0.276 e. The summed E-state index contributed by atoms with van der Waals surface area (Å²) in [4.78, 5) is 2.14. The molecule has 1 fully saturated rings. The van der Waals surface area contributed by atoms with E-state index in [0.29, 0.717) is 42.7 Å². The molecule has 3 aromatic rings. The first-order valence-electron chi connectivity index (χ1n) is 8.90. The lowest BCUT2D eigenvalue weighted by atomic mass is 10.2. The fourth-order valence-electron chi connectivity index (χ4n) is 3.19. The molecule has 7 nitrogen and oxygen atoms in total. The van der Waals surface area contributed by atoms with Crippen molar-refractivity contribution in [2.75, 3.05) is 31.1 Å². The molecule has 0 radical (unpaired) electrons. The van der Waals surface area contributed by atoms with Crippen LogP contribution in [-0.2, 0) is 10.0 Å². The summed E-state index contributed by atoms with van der Waals surface area (Å²) in [5, 5.41) is 4.48. The van der Waals surface area contributed by atoms with Gasteiger partial charge in [-0.2, -0.15) is 4.31 Å². The molecule has 1 aliphatic heterocycles. The number of anilines is 1. The summed E-state index contributed by atoms with van der Waals surface area (Å²) >= 11 is 5.93. The highest BCUT2D eigenvalue weighted by molar-refractivity contribution is 7.89. The molecule has 4 rings (SSSR count). The maximum atomic E-state index is 13.0. The molecule has 2 aromatic heterocycles. The molecule has 9 heteroatoms. The first-order valence-corrected chi connectivity index (χ1v) is 10.7. The van der Waals surface area contributed by atoms with Gasteiger partial charge in [-0.3, -0.25) is 0 Å². The zero-order chi connectivity index (χ0) is 19.9. The number of sulfonamides is 1. The van der Waals surface area contributed by atoms with Gasteiger partial charge in [-0.25, -0.2) is 8.42 Å². The third kappa shape index (κ3) is 3.43. The molecule has 0 unspecified atom stereocenters. The van der Waals surface area contributed by atoms with Crippen molar-refractivity contribution in [3.63, 3.8) is 0 Å². The fourth-order valence-corrected chi connectivity index (χ4v) is 4.65. The third-order valence-electron chi connectivity index (χ3n) is 4.99. The second-order valence-corrected chi connectivity index (χ2v) is 9.01. The summed E-state index contributed by atoms with van der Waals surface area (Å²) in [6.45, 7) is 5.61. The molecule has 0 atom stereocenters. The van der Waals surface area contributed by atoms with E-state index >= 15 is 0 Å². The van der Waals surface area contributed by atoms with Crippen LogP contribution in [0.15, 0.2) is 50.4 Å². The predicted molar refractivity (Wildman–Crippen MR) is 106 cm³/mol. The lowest BCUT2D eigenvalue weighted by Crippen LogP contribution is -2.48. The molecule has 3 heterocycles. The summed E-state index contributed by atoms with van der Waals surface area (Å²) in [5.41, 5.74) is 2.60. The van der Waals surface area contributed by atoms with E-state index in [1.165, 1.54) is 10.4 Å². The van der Waals surface area contributed by atoms with Crippen molar-refractivity contribution < 1.29 is 17.4 Å². The topological polar surface area (TPSA) is 79.8 Å². The lowest BCUT2D eigenvalue weighted by Gasteiger charge is -2.34. The molecule has 0 bridgehead atoms. The van der Waals surface area contributed by atoms with Gasteiger partial charge in [0.1, 0.15) is 0 Å². The van der Waals surface area contributed by atoms with Crippen LogP contribution in [-0.4, -0.2) is 44.1 Å². The van der Waals surface area contributed by atoms with Gasteiger partial charge < -0.3 is 13.8 Å². The van der Waals surface area contributed by atoms with Crippen LogP contribution in [0.4, 0.5) is 5.69 Å². The Morgan fingerprint density at radius 3 is 2.29 bits per heavy atom. The van der Waals surface area contributed by atoms with E-state index in [0.717, 1.165) is 16.9 Å². The van der Waals surface area contributed by atoms with Crippen molar-refractivity contribution in [2.45, 2.75) is 18.9 Å². The maximum absolute atomic E-state index is 13.0. The number of piperazine rings is 1. The van der Waals surface area contributed by atoms with Gasteiger partial charge >= 0.3 is 0 Å². The van der Waals surface area contributed by atoms with Crippen LogP contribution < -0.4 is 4.90 Å². The molecular weight excluding hydrogens is 402 g/mol. The fraction of sp³-hybridized carbons (Fsp3) is 0.316. The monoisotopic (exact) mass is 421 g/mol.